The number of benzene rings is 10. The van der Waals surface area contributed by atoms with Crippen LogP contribution in [0.2, 0.25) is 0 Å². The van der Waals surface area contributed by atoms with Gasteiger partial charge in [-0.3, -0.25) is 0 Å². The summed E-state index contributed by atoms with van der Waals surface area (Å²) in [4.78, 5) is 5.37. The lowest BCUT2D eigenvalue weighted by atomic mass is 9.95. The number of pyridine rings is 1. The highest BCUT2D eigenvalue weighted by Gasteiger charge is 2.24. The van der Waals surface area contributed by atoms with Crippen LogP contribution in [0.15, 0.2) is 229 Å². The van der Waals surface area contributed by atoms with E-state index in [0.717, 1.165) is 77.3 Å². The molecule has 0 unspecified atom stereocenters. The highest BCUT2D eigenvalue weighted by atomic mass is 16.3. The van der Waals surface area contributed by atoms with Crippen LogP contribution in [0.25, 0.3) is 132 Å². The lowest BCUT2D eigenvalue weighted by Gasteiger charge is -2.15. The van der Waals surface area contributed by atoms with Crippen LogP contribution in [0.1, 0.15) is 0 Å². The van der Waals surface area contributed by atoms with E-state index in [0.29, 0.717) is 0 Å². The van der Waals surface area contributed by atoms with E-state index in [1.54, 1.807) is 0 Å². The van der Waals surface area contributed by atoms with Gasteiger partial charge >= 0.3 is 0 Å². The van der Waals surface area contributed by atoms with Crippen molar-refractivity contribution in [2.75, 3.05) is 0 Å². The molecule has 0 saturated carbocycles. The summed E-state index contributed by atoms with van der Waals surface area (Å²) in [7, 11) is 0. The minimum atomic E-state index is 0.858. The highest BCUT2D eigenvalue weighted by molar-refractivity contribution is 6.30. The number of hydrogen-bond donors (Lipinski definition) is 0. The molecule has 0 spiro atoms. The molecular weight excluding hydrogens is 791 g/mol. The fourth-order valence-electron chi connectivity index (χ4n) is 10.6. The van der Waals surface area contributed by atoms with Crippen LogP contribution < -0.4 is 0 Å². The van der Waals surface area contributed by atoms with Crippen molar-refractivity contribution in [1.29, 1.82) is 0 Å². The molecule has 0 fully saturated rings. The molecule has 0 saturated heterocycles. The van der Waals surface area contributed by atoms with Gasteiger partial charge in [-0.15, -0.1) is 0 Å². The Bertz CT molecular complexity index is 4230. The molecule has 0 aliphatic heterocycles. The molecule has 0 atom stereocenters. The zero-order valence-corrected chi connectivity index (χ0v) is 35.1. The first-order valence-corrected chi connectivity index (χ1v) is 22.2. The summed E-state index contributed by atoms with van der Waals surface area (Å²) in [5.41, 5.74) is 16.2. The van der Waals surface area contributed by atoms with Crippen LogP contribution in [0.3, 0.4) is 0 Å². The number of aromatic nitrogens is 3. The molecule has 4 heteroatoms. The summed E-state index contributed by atoms with van der Waals surface area (Å²) >= 11 is 0. The van der Waals surface area contributed by atoms with Gasteiger partial charge in [0.05, 0.1) is 39.0 Å². The third-order valence-electron chi connectivity index (χ3n) is 13.5. The normalized spacial score (nSPS) is 12.0. The Balaban J connectivity index is 0.999. The van der Waals surface area contributed by atoms with Crippen molar-refractivity contribution in [3.05, 3.63) is 224 Å². The first-order valence-electron chi connectivity index (χ1n) is 22.2. The van der Waals surface area contributed by atoms with Crippen molar-refractivity contribution >= 4 is 87.2 Å². The van der Waals surface area contributed by atoms with Crippen molar-refractivity contribution < 1.29 is 4.42 Å². The van der Waals surface area contributed by atoms with Crippen LogP contribution in [-0.2, 0) is 0 Å². The second-order valence-electron chi connectivity index (χ2n) is 17.0. The third-order valence-corrected chi connectivity index (χ3v) is 13.5. The van der Waals surface area contributed by atoms with Crippen molar-refractivity contribution in [2.45, 2.75) is 0 Å². The van der Waals surface area contributed by atoms with Gasteiger partial charge in [-0.05, 0) is 89.0 Å². The standard InChI is InChI=1S/C61H37N3O/c1-3-16-38(17-4-1)40-20-15-21-43(34-40)63-52-27-12-8-22-44(52)48-35-41(30-32-54(48)63)42-31-33-55-49(36-42)45-23-9-13-28-53(45)64(55)56-37-50-58(59-47-25-10-14-29-57(47)65-61(56)59)46-24-7-11-26-51(46)62-60(50)39-18-5-2-6-19-39/h1-37H. The lowest BCUT2D eigenvalue weighted by Crippen LogP contribution is -1.97. The topological polar surface area (TPSA) is 35.9 Å². The SMILES string of the molecule is c1ccc(-c2cccc(-n3c4ccccc4c4cc(-c5ccc6c(c5)c5ccccc5n6-c5cc6c(-c7ccccc7)nc7ccccc7c6c6c5oc5ccccc56)ccc43)c2)cc1. The molecule has 0 N–H and O–H groups in total. The van der Waals surface area contributed by atoms with Gasteiger partial charge in [0.15, 0.2) is 5.58 Å². The molecular formula is C61H37N3O. The molecule has 65 heavy (non-hydrogen) atoms. The number of furan rings is 1. The van der Waals surface area contributed by atoms with Gasteiger partial charge in [-0.2, -0.15) is 0 Å². The van der Waals surface area contributed by atoms with Crippen LogP contribution in [0.4, 0.5) is 0 Å². The molecule has 0 amide bonds. The van der Waals surface area contributed by atoms with Crippen molar-refractivity contribution in [3.8, 4) is 44.9 Å². The smallest absolute Gasteiger partial charge is 0.160 e. The molecule has 0 bridgehead atoms. The minimum Gasteiger partial charge on any atom is -0.454 e. The average Bonchev–Trinajstić information content (AvgIpc) is 4.04. The molecule has 14 rings (SSSR count). The predicted molar refractivity (Wildman–Crippen MR) is 272 cm³/mol. The molecule has 10 aromatic carbocycles. The molecule has 0 aliphatic rings. The maximum atomic E-state index is 7.00. The Morgan fingerprint density at radius 1 is 0.323 bits per heavy atom. The van der Waals surface area contributed by atoms with Crippen molar-refractivity contribution in [3.63, 3.8) is 0 Å². The highest BCUT2D eigenvalue weighted by Crippen LogP contribution is 2.46. The maximum Gasteiger partial charge on any atom is 0.160 e. The molecule has 302 valence electrons. The largest absolute Gasteiger partial charge is 0.454 e. The van der Waals surface area contributed by atoms with Crippen LogP contribution in [0, 0.1) is 0 Å². The van der Waals surface area contributed by atoms with Gasteiger partial charge in [0, 0.05) is 59.7 Å². The number of hydrogen-bond acceptors (Lipinski definition) is 2. The molecule has 14 aromatic rings. The van der Waals surface area contributed by atoms with Gasteiger partial charge in [0.25, 0.3) is 0 Å². The van der Waals surface area contributed by atoms with E-state index in [1.807, 2.05) is 0 Å². The first kappa shape index (κ1) is 35.8. The molecule has 4 heterocycles. The molecule has 4 aromatic heterocycles. The first-order chi connectivity index (χ1) is 32.2. The lowest BCUT2D eigenvalue weighted by molar-refractivity contribution is 0.666. The Morgan fingerprint density at radius 3 is 1.58 bits per heavy atom. The summed E-state index contributed by atoms with van der Waals surface area (Å²) in [6, 6.07) is 80.8. The summed E-state index contributed by atoms with van der Waals surface area (Å²) in [5, 5.41) is 10.4. The van der Waals surface area contributed by atoms with E-state index in [2.05, 4.69) is 234 Å². The van der Waals surface area contributed by atoms with E-state index in [4.69, 9.17) is 9.40 Å². The second-order valence-corrected chi connectivity index (χ2v) is 17.0. The maximum absolute atomic E-state index is 7.00. The zero-order valence-electron chi connectivity index (χ0n) is 35.1. The summed E-state index contributed by atoms with van der Waals surface area (Å²) in [5.74, 6) is 0. The monoisotopic (exact) mass is 827 g/mol. The molecule has 0 aliphatic carbocycles. The number of nitrogens with zero attached hydrogens (tertiary/aromatic N) is 3. The average molecular weight is 828 g/mol. The molecule has 0 radical (unpaired) electrons. The second kappa shape index (κ2) is 13.9. The van der Waals surface area contributed by atoms with Crippen LogP contribution in [0.5, 0.6) is 0 Å². The Kier molecular flexibility index (Phi) is 7.65. The Labute approximate surface area is 373 Å². The van der Waals surface area contributed by atoms with Crippen LogP contribution >= 0.6 is 0 Å². The zero-order chi connectivity index (χ0) is 42.6. The number of para-hydroxylation sites is 4. The third kappa shape index (κ3) is 5.35. The van der Waals surface area contributed by atoms with Crippen molar-refractivity contribution in [1.82, 2.24) is 14.1 Å². The van der Waals surface area contributed by atoms with Gasteiger partial charge in [-0.25, -0.2) is 4.98 Å². The number of fused-ring (bicyclic) bond motifs is 13. The van der Waals surface area contributed by atoms with Crippen LogP contribution in [-0.4, -0.2) is 14.1 Å². The van der Waals surface area contributed by atoms with E-state index in [1.165, 1.54) is 54.8 Å². The van der Waals surface area contributed by atoms with E-state index in [-0.39, 0.29) is 0 Å². The summed E-state index contributed by atoms with van der Waals surface area (Å²) in [6.45, 7) is 0. The summed E-state index contributed by atoms with van der Waals surface area (Å²) in [6.07, 6.45) is 0. The minimum absolute atomic E-state index is 0.858. The van der Waals surface area contributed by atoms with E-state index >= 15 is 0 Å². The number of rotatable bonds is 5. The van der Waals surface area contributed by atoms with E-state index < -0.39 is 0 Å². The van der Waals surface area contributed by atoms with Gasteiger partial charge in [0.2, 0.25) is 0 Å². The fraction of sp³-hybridized carbons (Fsp3) is 0. The van der Waals surface area contributed by atoms with Gasteiger partial charge < -0.3 is 13.6 Å². The van der Waals surface area contributed by atoms with Gasteiger partial charge in [-0.1, -0.05) is 158 Å². The quantitative estimate of drug-likeness (QED) is 0.162. The summed E-state index contributed by atoms with van der Waals surface area (Å²) < 4.78 is 11.8. The fourth-order valence-corrected chi connectivity index (χ4v) is 10.6. The van der Waals surface area contributed by atoms with Gasteiger partial charge in [0.1, 0.15) is 5.58 Å². The Hall–Kier alpha value is -8.73. The Morgan fingerprint density at radius 2 is 0.862 bits per heavy atom. The molecule has 4 nitrogen and oxygen atoms in total. The predicted octanol–water partition coefficient (Wildman–Crippen LogP) is 16.5. The van der Waals surface area contributed by atoms with Crippen molar-refractivity contribution in [2.24, 2.45) is 0 Å². The van der Waals surface area contributed by atoms with E-state index in [9.17, 15) is 0 Å².